The van der Waals surface area contributed by atoms with Gasteiger partial charge in [0.2, 0.25) is 0 Å². The van der Waals surface area contributed by atoms with Gasteiger partial charge in [0.25, 0.3) is 0 Å². The van der Waals surface area contributed by atoms with Crippen LogP contribution >= 0.6 is 0 Å². The Labute approximate surface area is 55.8 Å². The molecule has 0 aliphatic heterocycles. The highest BCUT2D eigenvalue weighted by Crippen LogP contribution is 2.20. The van der Waals surface area contributed by atoms with Crippen LogP contribution in [0.4, 0.5) is 0 Å². The van der Waals surface area contributed by atoms with Crippen molar-refractivity contribution >= 4 is 12.5 Å². The third-order valence-corrected chi connectivity index (χ3v) is 1.66. The zero-order valence-corrected chi connectivity index (χ0v) is 5.98. The quantitative estimate of drug-likeness (QED) is 0.452. The van der Waals surface area contributed by atoms with Gasteiger partial charge in [0.05, 0.1) is 0 Å². The smallest absolute Gasteiger partial charge is 0.126 e. The van der Waals surface area contributed by atoms with Gasteiger partial charge in [0, 0.05) is 5.41 Å². The van der Waals surface area contributed by atoms with E-state index in [1.807, 2.05) is 13.8 Å². The summed E-state index contributed by atoms with van der Waals surface area (Å²) in [5.74, 6) is 0. The summed E-state index contributed by atoms with van der Waals surface area (Å²) in [5.41, 5.74) is -0.290. The van der Waals surface area contributed by atoms with Crippen LogP contribution in [0.5, 0.6) is 0 Å². The molecule has 0 fully saturated rings. The summed E-state index contributed by atoms with van der Waals surface area (Å²) in [4.78, 5) is 10.3. The number of rotatable bonds is 4. The first-order chi connectivity index (χ1) is 4.18. The normalized spacial score (nSPS) is 16.2. The van der Waals surface area contributed by atoms with Crippen LogP contribution in [0.2, 0.25) is 0 Å². The summed E-state index contributed by atoms with van der Waals surface area (Å²) in [6, 6.07) is 0. The molecule has 0 bridgehead atoms. The van der Waals surface area contributed by atoms with E-state index in [4.69, 9.17) is 5.41 Å². The Hall–Kier alpha value is -0.660. The molecule has 0 aromatic rings. The van der Waals surface area contributed by atoms with E-state index in [-0.39, 0.29) is 5.41 Å². The summed E-state index contributed by atoms with van der Waals surface area (Å²) < 4.78 is 0. The van der Waals surface area contributed by atoms with Crippen LogP contribution in [0.3, 0.4) is 0 Å². The van der Waals surface area contributed by atoms with Crippen molar-refractivity contribution in [2.75, 3.05) is 0 Å². The highest BCUT2D eigenvalue weighted by atomic mass is 16.1. The molecule has 0 radical (unpaired) electrons. The van der Waals surface area contributed by atoms with Gasteiger partial charge in [0.15, 0.2) is 0 Å². The Bertz CT molecular complexity index is 111. The summed E-state index contributed by atoms with van der Waals surface area (Å²) in [6.45, 7) is 3.82. The molecule has 1 atom stereocenters. The van der Waals surface area contributed by atoms with Crippen molar-refractivity contribution in [3.05, 3.63) is 0 Å². The van der Waals surface area contributed by atoms with Gasteiger partial charge in [-0.25, -0.2) is 0 Å². The van der Waals surface area contributed by atoms with E-state index in [0.717, 1.165) is 12.7 Å². The Morgan fingerprint density at radius 2 is 2.22 bits per heavy atom. The van der Waals surface area contributed by atoms with Gasteiger partial charge in [-0.1, -0.05) is 13.8 Å². The molecule has 0 heterocycles. The van der Waals surface area contributed by atoms with Gasteiger partial charge >= 0.3 is 0 Å². The molecular formula is C7H13NO. The number of hydrogen-bond donors (Lipinski definition) is 1. The number of nitrogens with one attached hydrogen (secondary N) is 1. The van der Waals surface area contributed by atoms with Gasteiger partial charge in [-0.15, -0.1) is 0 Å². The largest absolute Gasteiger partial charge is 0.313 e. The van der Waals surface area contributed by atoms with E-state index in [9.17, 15) is 4.79 Å². The second kappa shape index (κ2) is 3.38. The van der Waals surface area contributed by atoms with Crippen molar-refractivity contribution in [3.63, 3.8) is 0 Å². The zero-order valence-electron chi connectivity index (χ0n) is 5.98. The van der Waals surface area contributed by atoms with E-state index in [2.05, 4.69) is 0 Å². The van der Waals surface area contributed by atoms with Crippen molar-refractivity contribution in [1.82, 2.24) is 0 Å². The average molecular weight is 127 g/mol. The Morgan fingerprint density at radius 1 is 1.67 bits per heavy atom. The van der Waals surface area contributed by atoms with E-state index in [1.165, 1.54) is 6.21 Å². The van der Waals surface area contributed by atoms with Gasteiger partial charge < -0.3 is 10.2 Å². The average Bonchev–Trinajstić information content (AvgIpc) is 1.89. The molecule has 0 aliphatic rings. The van der Waals surface area contributed by atoms with Crippen LogP contribution in [0.1, 0.15) is 26.7 Å². The molecular weight excluding hydrogens is 114 g/mol. The molecule has 0 spiro atoms. The second-order valence-corrected chi connectivity index (χ2v) is 2.53. The topological polar surface area (TPSA) is 40.9 Å². The monoisotopic (exact) mass is 127 g/mol. The number of hydrogen-bond acceptors (Lipinski definition) is 2. The first-order valence-electron chi connectivity index (χ1n) is 3.14. The third-order valence-electron chi connectivity index (χ3n) is 1.66. The zero-order chi connectivity index (χ0) is 7.33. The molecule has 0 amide bonds. The first-order valence-corrected chi connectivity index (χ1v) is 3.14. The maximum Gasteiger partial charge on any atom is 0.126 e. The van der Waals surface area contributed by atoms with Crippen LogP contribution < -0.4 is 0 Å². The Balaban J connectivity index is 3.90. The summed E-state index contributed by atoms with van der Waals surface area (Å²) in [7, 11) is 0. The van der Waals surface area contributed by atoms with Gasteiger partial charge in [-0.05, 0) is 19.1 Å². The van der Waals surface area contributed by atoms with Crippen LogP contribution in [0.25, 0.3) is 0 Å². The molecule has 52 valence electrons. The molecule has 0 saturated heterocycles. The molecule has 0 aromatic carbocycles. The summed E-state index contributed by atoms with van der Waals surface area (Å²) >= 11 is 0. The molecule has 2 nitrogen and oxygen atoms in total. The van der Waals surface area contributed by atoms with Crippen molar-refractivity contribution in [3.8, 4) is 0 Å². The van der Waals surface area contributed by atoms with E-state index in [1.54, 1.807) is 0 Å². The molecule has 2 heteroatoms. The van der Waals surface area contributed by atoms with Gasteiger partial charge in [-0.3, -0.25) is 0 Å². The fourth-order valence-electron chi connectivity index (χ4n) is 0.509. The molecule has 0 aromatic heterocycles. The van der Waals surface area contributed by atoms with Gasteiger partial charge in [-0.2, -0.15) is 0 Å². The minimum absolute atomic E-state index is 0.290. The van der Waals surface area contributed by atoms with E-state index < -0.39 is 0 Å². The second-order valence-electron chi connectivity index (χ2n) is 2.53. The van der Waals surface area contributed by atoms with Crippen molar-refractivity contribution < 1.29 is 4.79 Å². The first kappa shape index (κ1) is 8.34. The standard InChI is InChI=1S/C7H13NO/c1-3-7(2,6-9)4-5-8/h5-6,8H,3-4H2,1-2H3. The molecule has 0 aliphatic carbocycles. The minimum atomic E-state index is -0.290. The van der Waals surface area contributed by atoms with E-state index >= 15 is 0 Å². The molecule has 9 heavy (non-hydrogen) atoms. The Kier molecular flexibility index (Phi) is 3.13. The van der Waals surface area contributed by atoms with Crippen molar-refractivity contribution in [1.29, 1.82) is 5.41 Å². The summed E-state index contributed by atoms with van der Waals surface area (Å²) in [6.07, 6.45) is 3.59. The molecule has 0 saturated carbocycles. The van der Waals surface area contributed by atoms with Crippen LogP contribution in [0, 0.1) is 10.8 Å². The SMILES string of the molecule is CCC(C)(C=O)CC=N. The van der Waals surface area contributed by atoms with E-state index in [0.29, 0.717) is 6.42 Å². The van der Waals surface area contributed by atoms with Crippen LogP contribution in [0.15, 0.2) is 0 Å². The molecule has 0 rings (SSSR count). The predicted octanol–water partition coefficient (Wildman–Crippen LogP) is 1.64. The number of carbonyl (C=O) groups is 1. The fraction of sp³-hybridized carbons (Fsp3) is 0.714. The van der Waals surface area contributed by atoms with Crippen molar-refractivity contribution in [2.45, 2.75) is 26.7 Å². The number of aldehydes is 1. The van der Waals surface area contributed by atoms with Crippen molar-refractivity contribution in [2.24, 2.45) is 5.41 Å². The Morgan fingerprint density at radius 3 is 2.33 bits per heavy atom. The molecule has 1 unspecified atom stereocenters. The van der Waals surface area contributed by atoms with Crippen LogP contribution in [-0.2, 0) is 4.79 Å². The highest BCUT2D eigenvalue weighted by Gasteiger charge is 2.18. The third kappa shape index (κ3) is 2.40. The lowest BCUT2D eigenvalue weighted by atomic mass is 9.86. The number of carbonyl (C=O) groups excluding carboxylic acids is 1. The van der Waals surface area contributed by atoms with Crippen LogP contribution in [-0.4, -0.2) is 12.5 Å². The maximum atomic E-state index is 10.3. The fourth-order valence-corrected chi connectivity index (χ4v) is 0.509. The maximum absolute atomic E-state index is 10.3. The molecule has 1 N–H and O–H groups in total. The lowest BCUT2D eigenvalue weighted by Gasteiger charge is -2.16. The minimum Gasteiger partial charge on any atom is -0.313 e. The summed E-state index contributed by atoms with van der Waals surface area (Å²) in [5, 5.41) is 6.78. The predicted molar refractivity (Wildman–Crippen MR) is 37.9 cm³/mol. The van der Waals surface area contributed by atoms with Gasteiger partial charge in [0.1, 0.15) is 6.29 Å². The lowest BCUT2D eigenvalue weighted by molar-refractivity contribution is -0.115. The lowest BCUT2D eigenvalue weighted by Crippen LogP contribution is -2.16. The highest BCUT2D eigenvalue weighted by molar-refractivity contribution is 5.66.